The largest absolute Gasteiger partial charge is 0.461 e. The third-order valence-electron chi connectivity index (χ3n) is 3.85. The Balaban J connectivity index is 2.35. The van der Waals surface area contributed by atoms with Crippen molar-refractivity contribution in [3.05, 3.63) is 0 Å². The molecule has 0 aromatic heterocycles. The lowest BCUT2D eigenvalue weighted by molar-refractivity contribution is -0.299. The Hall–Kier alpha value is -0.850. The molecule has 0 radical (unpaired) electrons. The minimum Gasteiger partial charge on any atom is -0.461 e. The van der Waals surface area contributed by atoms with Gasteiger partial charge in [0.05, 0.1) is 6.61 Å². The molecule has 122 valence electrons. The molecule has 0 aliphatic carbocycles. The number of aliphatic hydroxyl groups excluding tert-OH is 6. The SMILES string of the molecule is O=C1OC[C@@H](O)[C@@H](O)[C@@]1(O)C1O[C@H](CO)[C@@H](O)[C@H](O)[C@H]1O. The molecule has 10 heteroatoms. The van der Waals surface area contributed by atoms with Gasteiger partial charge in [0.25, 0.3) is 0 Å². The standard InChI is InChI=1S/C11H18O10/c12-1-4-5(14)6(15)7(16)9(21-4)11(19)8(17)3(13)2-20-10(11)18/h3-9,12-17,19H,1-2H2/t3-,4-,5-,6+,7-,8-,9?,11-/m1/s1. The third kappa shape index (κ3) is 2.43. The monoisotopic (exact) mass is 310 g/mol. The Morgan fingerprint density at radius 2 is 1.71 bits per heavy atom. The van der Waals surface area contributed by atoms with Crippen LogP contribution in [0.2, 0.25) is 0 Å². The lowest BCUT2D eigenvalue weighted by Gasteiger charge is -2.48. The first kappa shape index (κ1) is 16.5. The van der Waals surface area contributed by atoms with Crippen LogP contribution in [0.25, 0.3) is 0 Å². The van der Waals surface area contributed by atoms with Crippen LogP contribution < -0.4 is 0 Å². The smallest absolute Gasteiger partial charge is 0.344 e. The van der Waals surface area contributed by atoms with Crippen LogP contribution >= 0.6 is 0 Å². The second-order valence-electron chi connectivity index (χ2n) is 5.19. The number of esters is 1. The molecule has 0 bridgehead atoms. The number of aliphatic hydroxyl groups is 7. The summed E-state index contributed by atoms with van der Waals surface area (Å²) in [5.74, 6) is -1.36. The maximum absolute atomic E-state index is 11.8. The van der Waals surface area contributed by atoms with Crippen molar-refractivity contribution in [2.45, 2.75) is 48.3 Å². The molecule has 7 N–H and O–H groups in total. The molecule has 0 amide bonds. The van der Waals surface area contributed by atoms with E-state index in [4.69, 9.17) is 9.84 Å². The minimum atomic E-state index is -2.86. The average molecular weight is 310 g/mol. The van der Waals surface area contributed by atoms with Crippen LogP contribution in [0.4, 0.5) is 0 Å². The van der Waals surface area contributed by atoms with E-state index in [-0.39, 0.29) is 0 Å². The van der Waals surface area contributed by atoms with E-state index < -0.39 is 67.5 Å². The van der Waals surface area contributed by atoms with Gasteiger partial charge in [0, 0.05) is 0 Å². The van der Waals surface area contributed by atoms with Gasteiger partial charge in [0.15, 0.2) is 0 Å². The summed E-state index contributed by atoms with van der Waals surface area (Å²) in [7, 11) is 0. The molecule has 8 atom stereocenters. The van der Waals surface area contributed by atoms with Gasteiger partial charge >= 0.3 is 5.97 Å². The van der Waals surface area contributed by atoms with Crippen LogP contribution in [0.1, 0.15) is 0 Å². The van der Waals surface area contributed by atoms with E-state index in [9.17, 15) is 35.4 Å². The topological polar surface area (TPSA) is 177 Å². The fourth-order valence-electron chi connectivity index (χ4n) is 2.53. The molecule has 0 spiro atoms. The maximum atomic E-state index is 11.8. The van der Waals surface area contributed by atoms with E-state index in [2.05, 4.69) is 4.74 Å². The van der Waals surface area contributed by atoms with Crippen molar-refractivity contribution in [1.29, 1.82) is 0 Å². The molecule has 1 unspecified atom stereocenters. The molecule has 21 heavy (non-hydrogen) atoms. The summed E-state index contributed by atoms with van der Waals surface area (Å²) in [6.07, 6.45) is -12.4. The van der Waals surface area contributed by atoms with E-state index in [1.165, 1.54) is 0 Å². The fourth-order valence-corrected chi connectivity index (χ4v) is 2.53. The Morgan fingerprint density at radius 3 is 2.29 bits per heavy atom. The zero-order chi connectivity index (χ0) is 15.9. The molecule has 2 rings (SSSR count). The van der Waals surface area contributed by atoms with Gasteiger partial charge in [-0.25, -0.2) is 4.79 Å². The molecule has 10 nitrogen and oxygen atoms in total. The number of carbonyl (C=O) groups is 1. The van der Waals surface area contributed by atoms with E-state index in [0.717, 1.165) is 0 Å². The summed E-state index contributed by atoms with van der Waals surface area (Å²) in [5, 5.41) is 67.9. The van der Waals surface area contributed by atoms with Gasteiger partial charge in [0.2, 0.25) is 5.60 Å². The highest BCUT2D eigenvalue weighted by molar-refractivity contribution is 5.82. The lowest BCUT2D eigenvalue weighted by atomic mass is 9.79. The molecule has 2 saturated heterocycles. The van der Waals surface area contributed by atoms with Gasteiger partial charge in [-0.15, -0.1) is 0 Å². The van der Waals surface area contributed by atoms with Gasteiger partial charge in [-0.2, -0.15) is 0 Å². The van der Waals surface area contributed by atoms with Crippen LogP contribution in [-0.4, -0.2) is 103 Å². The number of rotatable bonds is 2. The molecular formula is C11H18O10. The van der Waals surface area contributed by atoms with Crippen molar-refractivity contribution >= 4 is 5.97 Å². The van der Waals surface area contributed by atoms with E-state index >= 15 is 0 Å². The molecule has 0 aromatic carbocycles. The highest BCUT2D eigenvalue weighted by atomic mass is 16.6. The zero-order valence-electron chi connectivity index (χ0n) is 10.8. The van der Waals surface area contributed by atoms with Crippen LogP contribution in [0.15, 0.2) is 0 Å². The summed E-state index contributed by atoms with van der Waals surface area (Å²) >= 11 is 0. The van der Waals surface area contributed by atoms with Gasteiger partial charge in [-0.05, 0) is 0 Å². The van der Waals surface area contributed by atoms with E-state index in [0.29, 0.717) is 0 Å². The third-order valence-corrected chi connectivity index (χ3v) is 3.85. The van der Waals surface area contributed by atoms with Gasteiger partial charge < -0.3 is 45.2 Å². The van der Waals surface area contributed by atoms with Crippen molar-refractivity contribution in [2.75, 3.05) is 13.2 Å². The van der Waals surface area contributed by atoms with Crippen LogP contribution in [0, 0.1) is 0 Å². The highest BCUT2D eigenvalue weighted by Gasteiger charge is 2.63. The Morgan fingerprint density at radius 1 is 1.10 bits per heavy atom. The molecule has 2 aliphatic heterocycles. The summed E-state index contributed by atoms with van der Waals surface area (Å²) in [6.45, 7) is -1.33. The van der Waals surface area contributed by atoms with Gasteiger partial charge in [0.1, 0.15) is 49.3 Å². The minimum absolute atomic E-state index is 0.556. The number of hydrogen-bond acceptors (Lipinski definition) is 10. The van der Waals surface area contributed by atoms with Crippen molar-refractivity contribution in [2.24, 2.45) is 0 Å². The van der Waals surface area contributed by atoms with Crippen LogP contribution in [-0.2, 0) is 14.3 Å². The number of cyclic esters (lactones) is 1. The maximum Gasteiger partial charge on any atom is 0.344 e. The molecule has 2 heterocycles. The summed E-state index contributed by atoms with van der Waals surface area (Å²) < 4.78 is 9.54. The van der Waals surface area contributed by atoms with Crippen molar-refractivity contribution in [3.63, 3.8) is 0 Å². The Labute approximate surface area is 118 Å². The average Bonchev–Trinajstić information content (AvgIpc) is 2.47. The van der Waals surface area contributed by atoms with Crippen molar-refractivity contribution < 1.29 is 50.0 Å². The van der Waals surface area contributed by atoms with Crippen LogP contribution in [0.5, 0.6) is 0 Å². The number of carbonyl (C=O) groups excluding carboxylic acids is 1. The van der Waals surface area contributed by atoms with Crippen molar-refractivity contribution in [3.8, 4) is 0 Å². The molecule has 0 saturated carbocycles. The second kappa shape index (κ2) is 5.74. The van der Waals surface area contributed by atoms with Gasteiger partial charge in [-0.3, -0.25) is 0 Å². The quantitative estimate of drug-likeness (QED) is 0.244. The molecule has 2 fully saturated rings. The second-order valence-corrected chi connectivity index (χ2v) is 5.19. The predicted octanol–water partition coefficient (Wildman–Crippen LogP) is -5.16. The fraction of sp³-hybridized carbons (Fsp3) is 0.909. The van der Waals surface area contributed by atoms with Crippen molar-refractivity contribution in [1.82, 2.24) is 0 Å². The molecular weight excluding hydrogens is 292 g/mol. The van der Waals surface area contributed by atoms with Gasteiger partial charge in [-0.1, -0.05) is 0 Å². The summed E-state index contributed by atoms with van der Waals surface area (Å²) in [6, 6.07) is 0. The summed E-state index contributed by atoms with van der Waals surface area (Å²) in [4.78, 5) is 11.8. The number of ether oxygens (including phenoxy) is 2. The normalized spacial score (nSPS) is 51.6. The lowest BCUT2D eigenvalue weighted by Crippen LogP contribution is -2.74. The molecule has 0 aromatic rings. The zero-order valence-corrected chi connectivity index (χ0v) is 10.8. The Bertz CT molecular complexity index is 400. The number of hydrogen-bond donors (Lipinski definition) is 7. The highest BCUT2D eigenvalue weighted by Crippen LogP contribution is 2.34. The first-order valence-electron chi connectivity index (χ1n) is 6.31. The van der Waals surface area contributed by atoms with E-state index in [1.54, 1.807) is 0 Å². The first-order valence-corrected chi connectivity index (χ1v) is 6.31. The first-order chi connectivity index (χ1) is 9.75. The van der Waals surface area contributed by atoms with E-state index in [1.807, 2.05) is 0 Å². The summed E-state index contributed by atoms with van der Waals surface area (Å²) in [5.41, 5.74) is -2.86. The molecule has 2 aliphatic rings. The Kier molecular flexibility index (Phi) is 4.52. The van der Waals surface area contributed by atoms with Crippen LogP contribution in [0.3, 0.4) is 0 Å². The predicted molar refractivity (Wildman–Crippen MR) is 61.7 cm³/mol.